The maximum atomic E-state index is 11.7. The molecule has 0 radical (unpaired) electrons. The molecule has 2 aromatic rings. The Kier molecular flexibility index (Phi) is 5.12. The number of sulfonamides is 1. The number of amides is 1. The van der Waals surface area contributed by atoms with Crippen LogP contribution in [0.4, 0.5) is 0 Å². The number of hydrogen-bond donors (Lipinski definition) is 1. The molecule has 0 aromatic heterocycles. The van der Waals surface area contributed by atoms with Crippen LogP contribution in [0.3, 0.4) is 0 Å². The van der Waals surface area contributed by atoms with Crippen molar-refractivity contribution in [2.45, 2.75) is 0 Å². The van der Waals surface area contributed by atoms with Crippen molar-refractivity contribution in [3.05, 3.63) is 53.1 Å². The van der Waals surface area contributed by atoms with Gasteiger partial charge in [0.2, 0.25) is 10.0 Å². The zero-order valence-electron chi connectivity index (χ0n) is 12.4. The van der Waals surface area contributed by atoms with Crippen LogP contribution in [0.25, 0.3) is 0 Å². The summed E-state index contributed by atoms with van der Waals surface area (Å²) in [5.41, 5.74) is 0.200. The SMILES string of the molecule is COc1cc(Cl)ccc1Oc1ccc(C(=O)NS(C)(=O)=O)cc1. The number of benzene rings is 2. The number of carbonyl (C=O) groups excluding carboxylic acids is 1. The molecule has 0 atom stereocenters. The fraction of sp³-hybridized carbons (Fsp3) is 0.133. The van der Waals surface area contributed by atoms with E-state index in [9.17, 15) is 13.2 Å². The van der Waals surface area contributed by atoms with Gasteiger partial charge >= 0.3 is 0 Å². The van der Waals surface area contributed by atoms with Crippen molar-refractivity contribution in [3.63, 3.8) is 0 Å². The molecular formula is C15H14ClNO5S. The Bertz CT molecular complexity index is 818. The van der Waals surface area contributed by atoms with Gasteiger partial charge in [-0.25, -0.2) is 13.1 Å². The summed E-state index contributed by atoms with van der Waals surface area (Å²) in [5, 5.41) is 0.516. The minimum Gasteiger partial charge on any atom is -0.493 e. The van der Waals surface area contributed by atoms with E-state index in [0.717, 1.165) is 6.26 Å². The quantitative estimate of drug-likeness (QED) is 0.891. The molecule has 0 aliphatic heterocycles. The van der Waals surface area contributed by atoms with E-state index in [1.807, 2.05) is 4.72 Å². The summed E-state index contributed by atoms with van der Waals surface area (Å²) < 4.78 is 34.8. The molecule has 1 amide bonds. The predicted octanol–water partition coefficient (Wildman–Crippen LogP) is 2.83. The lowest BCUT2D eigenvalue weighted by Crippen LogP contribution is -2.29. The molecule has 2 aromatic carbocycles. The third-order valence-electron chi connectivity index (χ3n) is 2.75. The molecule has 0 fully saturated rings. The second-order valence-electron chi connectivity index (χ2n) is 4.62. The number of methoxy groups -OCH3 is 1. The van der Waals surface area contributed by atoms with Crippen molar-refractivity contribution in [1.29, 1.82) is 0 Å². The molecule has 2 rings (SSSR count). The molecule has 23 heavy (non-hydrogen) atoms. The molecule has 122 valence electrons. The Morgan fingerprint density at radius 2 is 1.74 bits per heavy atom. The van der Waals surface area contributed by atoms with Crippen molar-refractivity contribution in [1.82, 2.24) is 4.72 Å². The van der Waals surface area contributed by atoms with Gasteiger partial charge < -0.3 is 9.47 Å². The molecule has 8 heteroatoms. The third kappa shape index (κ3) is 4.87. The van der Waals surface area contributed by atoms with Crippen LogP contribution in [0.5, 0.6) is 17.2 Å². The first kappa shape index (κ1) is 17.1. The zero-order chi connectivity index (χ0) is 17.0. The fourth-order valence-electron chi connectivity index (χ4n) is 1.75. The Labute approximate surface area is 139 Å². The van der Waals surface area contributed by atoms with E-state index in [-0.39, 0.29) is 5.56 Å². The summed E-state index contributed by atoms with van der Waals surface area (Å²) in [6.45, 7) is 0. The van der Waals surface area contributed by atoms with Crippen LogP contribution in [-0.4, -0.2) is 27.7 Å². The molecule has 1 N–H and O–H groups in total. The summed E-state index contributed by atoms with van der Waals surface area (Å²) in [4.78, 5) is 11.7. The fourth-order valence-corrected chi connectivity index (χ4v) is 2.37. The van der Waals surface area contributed by atoms with Gasteiger partial charge in [0, 0.05) is 16.7 Å². The van der Waals surface area contributed by atoms with Crippen molar-refractivity contribution in [3.8, 4) is 17.2 Å². The molecule has 0 unspecified atom stereocenters. The number of carbonyl (C=O) groups is 1. The molecule has 0 aliphatic carbocycles. The summed E-state index contributed by atoms with van der Waals surface area (Å²) in [5.74, 6) is 0.686. The van der Waals surface area contributed by atoms with Crippen molar-refractivity contribution in [2.24, 2.45) is 0 Å². The van der Waals surface area contributed by atoms with Crippen LogP contribution < -0.4 is 14.2 Å². The van der Waals surface area contributed by atoms with E-state index >= 15 is 0 Å². The standard InChI is InChI=1S/C15H14ClNO5S/c1-21-14-9-11(16)5-8-13(14)22-12-6-3-10(4-7-12)15(18)17-23(2,19)20/h3-9H,1-2H3,(H,17,18). The van der Waals surface area contributed by atoms with Crippen LogP contribution in [0.1, 0.15) is 10.4 Å². The number of rotatable bonds is 5. The van der Waals surface area contributed by atoms with Crippen LogP contribution in [-0.2, 0) is 10.0 Å². The lowest BCUT2D eigenvalue weighted by molar-refractivity contribution is 0.0981. The summed E-state index contributed by atoms with van der Waals surface area (Å²) in [6, 6.07) is 10.9. The molecule has 0 saturated heterocycles. The highest BCUT2D eigenvalue weighted by Crippen LogP contribution is 2.33. The van der Waals surface area contributed by atoms with Gasteiger partial charge in [0.05, 0.1) is 13.4 Å². The van der Waals surface area contributed by atoms with Gasteiger partial charge in [0.25, 0.3) is 5.91 Å². The molecule has 0 aliphatic rings. The number of nitrogens with one attached hydrogen (secondary N) is 1. The highest BCUT2D eigenvalue weighted by atomic mass is 35.5. The number of ether oxygens (including phenoxy) is 2. The van der Waals surface area contributed by atoms with E-state index in [2.05, 4.69) is 0 Å². The molecular weight excluding hydrogens is 342 g/mol. The second-order valence-corrected chi connectivity index (χ2v) is 6.81. The lowest BCUT2D eigenvalue weighted by Gasteiger charge is -2.11. The predicted molar refractivity (Wildman–Crippen MR) is 86.8 cm³/mol. The summed E-state index contributed by atoms with van der Waals surface area (Å²) >= 11 is 5.88. The average molecular weight is 356 g/mol. The monoisotopic (exact) mass is 355 g/mol. The highest BCUT2D eigenvalue weighted by molar-refractivity contribution is 7.89. The second kappa shape index (κ2) is 6.89. The van der Waals surface area contributed by atoms with E-state index in [0.29, 0.717) is 22.3 Å². The van der Waals surface area contributed by atoms with E-state index in [1.165, 1.54) is 19.2 Å². The van der Waals surface area contributed by atoms with Crippen molar-refractivity contribution < 1.29 is 22.7 Å². The van der Waals surface area contributed by atoms with E-state index in [4.69, 9.17) is 21.1 Å². The van der Waals surface area contributed by atoms with Gasteiger partial charge in [-0.15, -0.1) is 0 Å². The van der Waals surface area contributed by atoms with Crippen molar-refractivity contribution in [2.75, 3.05) is 13.4 Å². The zero-order valence-corrected chi connectivity index (χ0v) is 13.9. The molecule has 0 bridgehead atoms. The Morgan fingerprint density at radius 1 is 1.09 bits per heavy atom. The molecule has 0 saturated carbocycles. The van der Waals surface area contributed by atoms with E-state index < -0.39 is 15.9 Å². The number of halogens is 1. The minimum absolute atomic E-state index is 0.200. The van der Waals surface area contributed by atoms with Crippen molar-refractivity contribution >= 4 is 27.5 Å². The van der Waals surface area contributed by atoms with Gasteiger partial charge in [0.1, 0.15) is 5.75 Å². The Balaban J connectivity index is 2.16. The van der Waals surface area contributed by atoms with Gasteiger partial charge in [-0.2, -0.15) is 0 Å². The maximum Gasteiger partial charge on any atom is 0.264 e. The average Bonchev–Trinajstić information content (AvgIpc) is 2.48. The Hall–Kier alpha value is -2.25. The minimum atomic E-state index is -3.60. The van der Waals surface area contributed by atoms with Gasteiger partial charge in [-0.3, -0.25) is 4.79 Å². The van der Waals surface area contributed by atoms with Crippen LogP contribution in [0, 0.1) is 0 Å². The topological polar surface area (TPSA) is 81.7 Å². The first-order valence-corrected chi connectivity index (χ1v) is 8.69. The molecule has 0 heterocycles. The first-order valence-electron chi connectivity index (χ1n) is 6.42. The van der Waals surface area contributed by atoms with Gasteiger partial charge in [-0.1, -0.05) is 11.6 Å². The normalized spacial score (nSPS) is 10.9. The van der Waals surface area contributed by atoms with Gasteiger partial charge in [-0.05, 0) is 36.4 Å². The summed E-state index contributed by atoms with van der Waals surface area (Å²) in [7, 11) is -2.11. The van der Waals surface area contributed by atoms with E-state index in [1.54, 1.807) is 30.3 Å². The highest BCUT2D eigenvalue weighted by Gasteiger charge is 2.12. The Morgan fingerprint density at radius 3 is 2.30 bits per heavy atom. The molecule has 0 spiro atoms. The van der Waals surface area contributed by atoms with Crippen LogP contribution in [0.2, 0.25) is 5.02 Å². The largest absolute Gasteiger partial charge is 0.493 e. The van der Waals surface area contributed by atoms with Crippen LogP contribution >= 0.6 is 11.6 Å². The van der Waals surface area contributed by atoms with Crippen LogP contribution in [0.15, 0.2) is 42.5 Å². The maximum absolute atomic E-state index is 11.7. The van der Waals surface area contributed by atoms with Gasteiger partial charge in [0.15, 0.2) is 11.5 Å². The molecule has 6 nitrogen and oxygen atoms in total. The smallest absolute Gasteiger partial charge is 0.264 e. The number of hydrogen-bond acceptors (Lipinski definition) is 5. The first-order chi connectivity index (χ1) is 10.8. The lowest BCUT2D eigenvalue weighted by atomic mass is 10.2. The third-order valence-corrected chi connectivity index (χ3v) is 3.54. The summed E-state index contributed by atoms with van der Waals surface area (Å²) in [6.07, 6.45) is 0.912.